The van der Waals surface area contributed by atoms with Crippen LogP contribution in [0.4, 0.5) is 0 Å². The highest BCUT2D eigenvalue weighted by Crippen LogP contribution is 2.29. The summed E-state index contributed by atoms with van der Waals surface area (Å²) in [6.45, 7) is 3.89. The van der Waals surface area contributed by atoms with E-state index >= 15 is 0 Å². The molecule has 218 valence electrons. The second kappa shape index (κ2) is 14.4. The molecule has 2 N–H and O–H groups in total. The summed E-state index contributed by atoms with van der Waals surface area (Å²) in [6, 6.07) is 25.9. The number of carbonyl (C=O) groups excluding carboxylic acids is 2. The first-order valence-corrected chi connectivity index (χ1v) is 14.5. The van der Waals surface area contributed by atoms with Gasteiger partial charge in [-0.15, -0.1) is 0 Å². The molecule has 0 unspecified atom stereocenters. The van der Waals surface area contributed by atoms with Crippen LogP contribution in [0.5, 0.6) is 5.75 Å². The van der Waals surface area contributed by atoms with Crippen LogP contribution >= 0.6 is 0 Å². The van der Waals surface area contributed by atoms with Gasteiger partial charge in [0.2, 0.25) is 5.89 Å². The maximum atomic E-state index is 12.5. The van der Waals surface area contributed by atoms with Crippen LogP contribution in [0, 0.1) is 0 Å². The number of likely N-dealkylation sites (tertiary alicyclic amines) is 1. The van der Waals surface area contributed by atoms with E-state index in [4.69, 9.17) is 9.26 Å². The van der Waals surface area contributed by atoms with Gasteiger partial charge in [0.05, 0.1) is 7.11 Å². The minimum atomic E-state index is -0.356. The number of piperidine rings is 1. The normalized spacial score (nSPS) is 13.9. The lowest BCUT2D eigenvalue weighted by molar-refractivity contribution is 0.0934. The van der Waals surface area contributed by atoms with Crippen LogP contribution in [0.15, 0.2) is 83.4 Å². The number of hydrogen-bond donors (Lipinski definition) is 2. The Balaban J connectivity index is 0.967. The number of nitrogens with zero attached hydrogens (tertiary/aromatic N) is 3. The van der Waals surface area contributed by atoms with Crippen molar-refractivity contribution in [3.05, 3.63) is 102 Å². The quantitative estimate of drug-likeness (QED) is 0.239. The predicted molar refractivity (Wildman–Crippen MR) is 161 cm³/mol. The van der Waals surface area contributed by atoms with E-state index in [1.54, 1.807) is 19.2 Å². The minimum Gasteiger partial charge on any atom is -0.497 e. The van der Waals surface area contributed by atoms with Crippen LogP contribution in [0.25, 0.3) is 11.1 Å². The Morgan fingerprint density at radius 3 is 2.29 bits per heavy atom. The van der Waals surface area contributed by atoms with Crippen molar-refractivity contribution < 1.29 is 18.8 Å². The summed E-state index contributed by atoms with van der Waals surface area (Å²) in [7, 11) is 1.69. The van der Waals surface area contributed by atoms with Crippen molar-refractivity contribution in [1.82, 2.24) is 25.7 Å². The molecule has 1 fully saturated rings. The zero-order chi connectivity index (χ0) is 29.1. The van der Waals surface area contributed by atoms with E-state index < -0.39 is 0 Å². The lowest BCUT2D eigenvalue weighted by Crippen LogP contribution is -2.35. The molecule has 1 aliphatic rings. The molecule has 0 spiro atoms. The molecular weight excluding hydrogens is 530 g/mol. The van der Waals surface area contributed by atoms with E-state index in [0.717, 1.165) is 55.8 Å². The van der Waals surface area contributed by atoms with Gasteiger partial charge < -0.3 is 24.8 Å². The van der Waals surface area contributed by atoms with E-state index in [2.05, 4.69) is 37.8 Å². The van der Waals surface area contributed by atoms with Gasteiger partial charge in [-0.25, -0.2) is 0 Å². The second-order valence-corrected chi connectivity index (χ2v) is 10.5. The van der Waals surface area contributed by atoms with Crippen LogP contribution < -0.4 is 15.4 Å². The fraction of sp³-hybridized carbons (Fsp3) is 0.333. The smallest absolute Gasteiger partial charge is 0.292 e. The van der Waals surface area contributed by atoms with Crippen molar-refractivity contribution in [2.45, 2.75) is 31.6 Å². The first-order valence-electron chi connectivity index (χ1n) is 14.5. The van der Waals surface area contributed by atoms with Crippen molar-refractivity contribution in [2.24, 2.45) is 0 Å². The number of hydrogen-bond acceptors (Lipinski definition) is 7. The largest absolute Gasteiger partial charge is 0.497 e. The molecule has 0 aliphatic carbocycles. The fourth-order valence-electron chi connectivity index (χ4n) is 5.23. The molecule has 2 heterocycles. The van der Waals surface area contributed by atoms with E-state index in [-0.39, 0.29) is 17.6 Å². The summed E-state index contributed by atoms with van der Waals surface area (Å²) >= 11 is 0. The Morgan fingerprint density at radius 1 is 0.881 bits per heavy atom. The standard InChI is InChI=1S/C33H37N5O4/c1-41-29-14-12-26(13-15-29)27-17-22-38(23-18-27)21-5-19-34-33(40)31-36-30(42-37-31)16-20-35-32(39)28-10-8-25(9-11-28)24-6-3-2-4-7-24/h2-4,6-15,27H,5,16-23H2,1H3,(H,34,40)(H,35,39). The number of rotatable bonds is 12. The highest BCUT2D eigenvalue weighted by atomic mass is 16.5. The van der Waals surface area contributed by atoms with E-state index in [0.29, 0.717) is 36.9 Å². The summed E-state index contributed by atoms with van der Waals surface area (Å²) in [5.74, 6) is 1.25. The van der Waals surface area contributed by atoms with Gasteiger partial charge >= 0.3 is 0 Å². The summed E-state index contributed by atoms with van der Waals surface area (Å²) < 4.78 is 10.5. The highest BCUT2D eigenvalue weighted by molar-refractivity contribution is 5.94. The molecule has 1 aliphatic heterocycles. The summed E-state index contributed by atoms with van der Waals surface area (Å²) in [4.78, 5) is 31.6. The zero-order valence-corrected chi connectivity index (χ0v) is 23.9. The molecule has 0 bridgehead atoms. The van der Waals surface area contributed by atoms with E-state index in [1.165, 1.54) is 5.56 Å². The third kappa shape index (κ3) is 7.82. The molecule has 0 atom stereocenters. The Hall–Kier alpha value is -4.50. The Kier molecular flexibility index (Phi) is 9.95. The summed E-state index contributed by atoms with van der Waals surface area (Å²) in [5, 5.41) is 9.53. The van der Waals surface area contributed by atoms with Crippen LogP contribution in [0.1, 0.15) is 57.6 Å². The second-order valence-electron chi connectivity index (χ2n) is 10.5. The number of aromatic nitrogens is 2. The molecular formula is C33H37N5O4. The lowest BCUT2D eigenvalue weighted by atomic mass is 9.89. The monoisotopic (exact) mass is 567 g/mol. The zero-order valence-electron chi connectivity index (χ0n) is 23.9. The number of ether oxygens (including phenoxy) is 1. The molecule has 0 radical (unpaired) electrons. The average molecular weight is 568 g/mol. The third-order valence-corrected chi connectivity index (χ3v) is 7.66. The van der Waals surface area contributed by atoms with Crippen LogP contribution in [0.3, 0.4) is 0 Å². The minimum absolute atomic E-state index is 0.00753. The van der Waals surface area contributed by atoms with Crippen molar-refractivity contribution in [3.63, 3.8) is 0 Å². The molecule has 9 nitrogen and oxygen atoms in total. The lowest BCUT2D eigenvalue weighted by Gasteiger charge is -2.32. The SMILES string of the molecule is COc1ccc(C2CCN(CCCNC(=O)c3noc(CCNC(=O)c4ccc(-c5ccccc5)cc4)n3)CC2)cc1. The number of nitrogens with one attached hydrogen (secondary N) is 2. The number of methoxy groups -OCH3 is 1. The first kappa shape index (κ1) is 29.0. The van der Waals surface area contributed by atoms with Gasteiger partial charge in [-0.1, -0.05) is 59.8 Å². The Labute approximate surface area is 246 Å². The van der Waals surface area contributed by atoms with Gasteiger partial charge in [-0.3, -0.25) is 9.59 Å². The van der Waals surface area contributed by atoms with E-state index in [9.17, 15) is 9.59 Å². The number of amides is 2. The Bertz CT molecular complexity index is 1430. The topological polar surface area (TPSA) is 110 Å². The van der Waals surface area contributed by atoms with Crippen molar-refractivity contribution in [1.29, 1.82) is 0 Å². The van der Waals surface area contributed by atoms with E-state index in [1.807, 2.05) is 54.6 Å². The van der Waals surface area contributed by atoms with Gasteiger partial charge in [0.1, 0.15) is 5.75 Å². The van der Waals surface area contributed by atoms with Gasteiger partial charge in [-0.2, -0.15) is 4.98 Å². The van der Waals surface area contributed by atoms with Crippen LogP contribution in [0.2, 0.25) is 0 Å². The predicted octanol–water partition coefficient (Wildman–Crippen LogP) is 4.72. The number of carbonyl (C=O) groups is 2. The summed E-state index contributed by atoms with van der Waals surface area (Å²) in [5.41, 5.74) is 4.09. The first-order chi connectivity index (χ1) is 20.6. The van der Waals surface area contributed by atoms with Gasteiger partial charge in [-0.05, 0) is 85.8 Å². The molecule has 1 saturated heterocycles. The molecule has 4 aromatic rings. The third-order valence-electron chi connectivity index (χ3n) is 7.66. The van der Waals surface area contributed by atoms with Crippen molar-refractivity contribution in [3.8, 4) is 16.9 Å². The van der Waals surface area contributed by atoms with Gasteiger partial charge in [0.15, 0.2) is 0 Å². The van der Waals surface area contributed by atoms with Gasteiger partial charge in [0.25, 0.3) is 17.6 Å². The van der Waals surface area contributed by atoms with Crippen LogP contribution in [-0.4, -0.2) is 66.7 Å². The van der Waals surface area contributed by atoms with Crippen molar-refractivity contribution >= 4 is 11.8 Å². The number of benzene rings is 3. The molecule has 5 rings (SSSR count). The average Bonchev–Trinajstić information content (AvgIpc) is 3.53. The maximum absolute atomic E-state index is 12.5. The fourth-order valence-corrected chi connectivity index (χ4v) is 5.23. The molecule has 1 aromatic heterocycles. The molecule has 42 heavy (non-hydrogen) atoms. The molecule has 2 amide bonds. The van der Waals surface area contributed by atoms with Gasteiger partial charge in [0, 0.05) is 25.1 Å². The highest BCUT2D eigenvalue weighted by Gasteiger charge is 2.21. The maximum Gasteiger partial charge on any atom is 0.292 e. The molecule has 9 heteroatoms. The van der Waals surface area contributed by atoms with Crippen molar-refractivity contribution in [2.75, 3.05) is 39.8 Å². The van der Waals surface area contributed by atoms with Crippen LogP contribution in [-0.2, 0) is 6.42 Å². The molecule has 3 aromatic carbocycles. The summed E-state index contributed by atoms with van der Waals surface area (Å²) in [6.07, 6.45) is 3.44. The Morgan fingerprint density at radius 2 is 1.57 bits per heavy atom. The molecule has 0 saturated carbocycles.